The fraction of sp³-hybridized carbons (Fsp3) is 0.500. The van der Waals surface area contributed by atoms with Gasteiger partial charge < -0.3 is 16.2 Å². The molecule has 1 aliphatic heterocycles. The predicted octanol–water partition coefficient (Wildman–Crippen LogP) is 1.21. The second-order valence-electron chi connectivity index (χ2n) is 6.42. The molecule has 1 aliphatic carbocycles. The highest BCUT2D eigenvalue weighted by Crippen LogP contribution is 2.43. The van der Waals surface area contributed by atoms with E-state index < -0.39 is 15.5 Å². The van der Waals surface area contributed by atoms with Gasteiger partial charge in [-0.25, -0.2) is 13.4 Å². The number of hydrogen-bond donors (Lipinski definition) is 2. The van der Waals surface area contributed by atoms with Gasteiger partial charge in [-0.1, -0.05) is 6.42 Å². The van der Waals surface area contributed by atoms with Gasteiger partial charge in [-0.05, 0) is 43.9 Å². The molecular formula is C16H23N5O3S. The molecule has 136 valence electrons. The number of nitrogens with zero attached hydrogens (tertiary/aromatic N) is 3. The van der Waals surface area contributed by atoms with Gasteiger partial charge in [0.05, 0.1) is 17.7 Å². The number of guanidine groups is 2. The van der Waals surface area contributed by atoms with Crippen LogP contribution in [0.25, 0.3) is 0 Å². The van der Waals surface area contributed by atoms with Gasteiger partial charge in [0.1, 0.15) is 11.4 Å². The zero-order valence-corrected chi connectivity index (χ0v) is 15.2. The third-order valence-electron chi connectivity index (χ3n) is 4.67. The second-order valence-corrected chi connectivity index (χ2v) is 8.44. The van der Waals surface area contributed by atoms with E-state index in [2.05, 4.69) is 9.98 Å². The lowest BCUT2D eigenvalue weighted by Gasteiger charge is -2.45. The highest BCUT2D eigenvalue weighted by molar-refractivity contribution is 7.90. The Labute approximate surface area is 147 Å². The van der Waals surface area contributed by atoms with Crippen LogP contribution >= 0.6 is 0 Å². The molecule has 0 saturated heterocycles. The van der Waals surface area contributed by atoms with Crippen molar-refractivity contribution in [2.75, 3.05) is 18.3 Å². The average Bonchev–Trinajstić information content (AvgIpc) is 2.53. The van der Waals surface area contributed by atoms with Gasteiger partial charge in [0.2, 0.25) is 11.9 Å². The first kappa shape index (κ1) is 17.5. The molecule has 2 aliphatic rings. The molecule has 0 amide bonds. The average molecular weight is 365 g/mol. The number of sulfone groups is 1. The van der Waals surface area contributed by atoms with E-state index in [9.17, 15) is 8.42 Å². The van der Waals surface area contributed by atoms with Gasteiger partial charge in [0.25, 0.3) is 0 Å². The maximum atomic E-state index is 12.0. The number of aliphatic imine (C=N–C) groups is 2. The van der Waals surface area contributed by atoms with Crippen LogP contribution in [0.5, 0.6) is 5.75 Å². The fourth-order valence-corrected chi connectivity index (χ4v) is 4.19. The van der Waals surface area contributed by atoms with Crippen LogP contribution in [0.4, 0.5) is 5.69 Å². The molecule has 1 aromatic carbocycles. The predicted molar refractivity (Wildman–Crippen MR) is 97.6 cm³/mol. The summed E-state index contributed by atoms with van der Waals surface area (Å²) in [5.74, 6) is 0.846. The summed E-state index contributed by atoms with van der Waals surface area (Å²) in [7, 11) is -1.85. The molecule has 1 heterocycles. The van der Waals surface area contributed by atoms with E-state index in [0.29, 0.717) is 11.4 Å². The topological polar surface area (TPSA) is 123 Å². The molecule has 3 rings (SSSR count). The number of anilines is 1. The van der Waals surface area contributed by atoms with Crippen molar-refractivity contribution >= 4 is 27.4 Å². The summed E-state index contributed by atoms with van der Waals surface area (Å²) in [5, 5.41) is 0. The SMILES string of the molecule is COc1ccc(S(C)(=O)=O)cc1N1C(N)=NC(N)=NC12CCCCC2. The van der Waals surface area contributed by atoms with Crippen LogP contribution < -0.4 is 21.1 Å². The molecule has 1 fully saturated rings. The minimum Gasteiger partial charge on any atom is -0.495 e. The first-order valence-corrected chi connectivity index (χ1v) is 10.0. The van der Waals surface area contributed by atoms with Crippen molar-refractivity contribution in [3.63, 3.8) is 0 Å². The van der Waals surface area contributed by atoms with E-state index >= 15 is 0 Å². The monoisotopic (exact) mass is 365 g/mol. The summed E-state index contributed by atoms with van der Waals surface area (Å²) >= 11 is 0. The van der Waals surface area contributed by atoms with Crippen molar-refractivity contribution in [3.05, 3.63) is 18.2 Å². The Bertz CT molecular complexity index is 841. The van der Waals surface area contributed by atoms with Gasteiger partial charge in [0, 0.05) is 6.26 Å². The second kappa shape index (κ2) is 6.21. The summed E-state index contributed by atoms with van der Waals surface area (Å²) in [4.78, 5) is 10.7. The van der Waals surface area contributed by atoms with Crippen molar-refractivity contribution in [1.82, 2.24) is 0 Å². The highest BCUT2D eigenvalue weighted by atomic mass is 32.2. The van der Waals surface area contributed by atoms with E-state index in [1.165, 1.54) is 19.4 Å². The molecule has 0 radical (unpaired) electrons. The molecule has 1 saturated carbocycles. The number of rotatable bonds is 3. The summed E-state index contributed by atoms with van der Waals surface area (Å²) < 4.78 is 29.4. The lowest BCUT2D eigenvalue weighted by Crippen LogP contribution is -2.58. The van der Waals surface area contributed by atoms with Gasteiger partial charge >= 0.3 is 0 Å². The Morgan fingerprint density at radius 1 is 1.20 bits per heavy atom. The largest absolute Gasteiger partial charge is 0.495 e. The maximum Gasteiger partial charge on any atom is 0.220 e. The molecule has 1 aromatic rings. The van der Waals surface area contributed by atoms with Crippen LogP contribution in [0.1, 0.15) is 32.1 Å². The molecular weight excluding hydrogens is 342 g/mol. The number of ether oxygens (including phenoxy) is 1. The maximum absolute atomic E-state index is 12.0. The van der Waals surface area contributed by atoms with E-state index in [1.54, 1.807) is 17.0 Å². The summed E-state index contributed by atoms with van der Waals surface area (Å²) in [6.45, 7) is 0. The van der Waals surface area contributed by atoms with Crippen molar-refractivity contribution < 1.29 is 13.2 Å². The quantitative estimate of drug-likeness (QED) is 0.830. The Balaban J connectivity index is 2.20. The number of methoxy groups -OCH3 is 1. The highest BCUT2D eigenvalue weighted by Gasteiger charge is 2.43. The Morgan fingerprint density at radius 3 is 2.48 bits per heavy atom. The minimum absolute atomic E-state index is 0.147. The van der Waals surface area contributed by atoms with Gasteiger partial charge in [-0.2, -0.15) is 4.99 Å². The minimum atomic E-state index is -3.38. The molecule has 0 atom stereocenters. The zero-order chi connectivity index (χ0) is 18.2. The Kier molecular flexibility index (Phi) is 4.36. The van der Waals surface area contributed by atoms with Crippen LogP contribution in [-0.4, -0.2) is 39.4 Å². The standard InChI is InChI=1S/C16H23N5O3S/c1-24-13-7-6-11(25(2,22)23)10-12(13)21-15(18)19-14(17)20-16(21)8-4-3-5-9-16/h6-7,10H,3-5,8-9H2,1-2H3,(H4,17,18,19,20). The van der Waals surface area contributed by atoms with Crippen molar-refractivity contribution in [1.29, 1.82) is 0 Å². The molecule has 1 spiro atoms. The number of nitrogens with two attached hydrogens (primary N) is 2. The van der Waals surface area contributed by atoms with Crippen LogP contribution in [0.2, 0.25) is 0 Å². The molecule has 9 heteroatoms. The molecule has 0 bridgehead atoms. The normalized spacial score (nSPS) is 20.2. The molecule has 25 heavy (non-hydrogen) atoms. The van der Waals surface area contributed by atoms with Crippen molar-refractivity contribution in [2.45, 2.75) is 42.7 Å². The van der Waals surface area contributed by atoms with Gasteiger partial charge in [-0.15, -0.1) is 0 Å². The van der Waals surface area contributed by atoms with Crippen molar-refractivity contribution in [3.8, 4) is 5.75 Å². The lowest BCUT2D eigenvalue weighted by molar-refractivity contribution is 0.303. The van der Waals surface area contributed by atoms with Crippen molar-refractivity contribution in [2.24, 2.45) is 21.5 Å². The molecule has 0 aromatic heterocycles. The third-order valence-corrected chi connectivity index (χ3v) is 5.78. The van der Waals surface area contributed by atoms with Crippen LogP contribution in [0, 0.1) is 0 Å². The summed E-state index contributed by atoms with van der Waals surface area (Å²) in [5.41, 5.74) is 11.9. The summed E-state index contributed by atoms with van der Waals surface area (Å²) in [6.07, 6.45) is 5.76. The summed E-state index contributed by atoms with van der Waals surface area (Å²) in [6, 6.07) is 4.70. The number of benzene rings is 1. The molecule has 0 unspecified atom stereocenters. The lowest BCUT2D eigenvalue weighted by atomic mass is 9.87. The smallest absolute Gasteiger partial charge is 0.220 e. The van der Waals surface area contributed by atoms with E-state index in [-0.39, 0.29) is 16.8 Å². The Morgan fingerprint density at radius 2 is 1.88 bits per heavy atom. The van der Waals surface area contributed by atoms with Crippen LogP contribution in [0.15, 0.2) is 33.1 Å². The van der Waals surface area contributed by atoms with Crippen LogP contribution in [-0.2, 0) is 9.84 Å². The Hall–Kier alpha value is -2.29. The van der Waals surface area contributed by atoms with E-state index in [0.717, 1.165) is 32.1 Å². The molecule has 4 N–H and O–H groups in total. The van der Waals surface area contributed by atoms with Crippen LogP contribution in [0.3, 0.4) is 0 Å². The first-order valence-electron chi connectivity index (χ1n) is 8.15. The van der Waals surface area contributed by atoms with E-state index in [1.807, 2.05) is 0 Å². The molecule has 8 nitrogen and oxygen atoms in total. The number of hydrogen-bond acceptors (Lipinski definition) is 8. The van der Waals surface area contributed by atoms with Gasteiger partial charge in [-0.3, -0.25) is 4.90 Å². The first-order chi connectivity index (χ1) is 11.8. The van der Waals surface area contributed by atoms with E-state index in [4.69, 9.17) is 16.2 Å². The van der Waals surface area contributed by atoms with Gasteiger partial charge in [0.15, 0.2) is 9.84 Å². The third kappa shape index (κ3) is 3.15. The zero-order valence-electron chi connectivity index (χ0n) is 14.4. The fourth-order valence-electron chi connectivity index (χ4n) is 3.55.